The van der Waals surface area contributed by atoms with Crippen molar-refractivity contribution < 1.29 is 13.9 Å². The summed E-state index contributed by atoms with van der Waals surface area (Å²) in [6, 6.07) is 4.01. The highest BCUT2D eigenvalue weighted by molar-refractivity contribution is 5.93. The van der Waals surface area contributed by atoms with Gasteiger partial charge in [-0.2, -0.15) is 0 Å². The predicted octanol–water partition coefficient (Wildman–Crippen LogP) is 2.30. The number of fused-ring (bicyclic) bond motifs is 1. The lowest BCUT2D eigenvalue weighted by molar-refractivity contribution is 0.0141. The molecule has 0 saturated carbocycles. The van der Waals surface area contributed by atoms with Crippen molar-refractivity contribution in [2.24, 2.45) is 11.8 Å². The van der Waals surface area contributed by atoms with E-state index in [2.05, 4.69) is 39.3 Å². The molecule has 0 aromatic carbocycles. The van der Waals surface area contributed by atoms with E-state index in [1.165, 1.54) is 12.5 Å². The number of rotatable bonds is 6. The van der Waals surface area contributed by atoms with Gasteiger partial charge < -0.3 is 24.7 Å². The first-order valence-corrected chi connectivity index (χ1v) is 10.4. The van der Waals surface area contributed by atoms with Gasteiger partial charge in [0.2, 0.25) is 0 Å². The van der Waals surface area contributed by atoms with E-state index in [4.69, 9.17) is 9.15 Å². The Morgan fingerprint density at radius 1 is 1.41 bits per heavy atom. The molecule has 0 unspecified atom stereocenters. The first-order chi connectivity index (χ1) is 14.0. The molecule has 154 valence electrons. The monoisotopic (exact) mass is 397 g/mol. The molecule has 5 heterocycles. The van der Waals surface area contributed by atoms with Gasteiger partial charge in [0, 0.05) is 43.6 Å². The molecule has 3 fully saturated rings. The summed E-state index contributed by atoms with van der Waals surface area (Å²) >= 11 is 0. The van der Waals surface area contributed by atoms with Gasteiger partial charge in [-0.25, -0.2) is 9.97 Å². The molecule has 2 N–H and O–H groups in total. The number of hydrogen-bond acceptors (Lipinski definition) is 7. The highest BCUT2D eigenvalue weighted by Gasteiger charge is 2.63. The van der Waals surface area contributed by atoms with Crippen molar-refractivity contribution >= 4 is 17.5 Å². The smallest absolute Gasteiger partial charge is 0.254 e. The van der Waals surface area contributed by atoms with Crippen molar-refractivity contribution in [3.8, 4) is 0 Å². The summed E-state index contributed by atoms with van der Waals surface area (Å²) in [4.78, 5) is 23.5. The maximum absolute atomic E-state index is 12.3. The number of aromatic nitrogens is 2. The number of amides is 1. The van der Waals surface area contributed by atoms with Gasteiger partial charge in [0.15, 0.2) is 0 Å². The minimum atomic E-state index is -0.119. The standard InChI is InChI=1S/C21H27N5O3/c1-13(2)25-18-7-19(24-12-23-18)26-9-16-15(17-3-5-21(16,11-26)29-17)8-22-20(27)14-4-6-28-10-14/h4,6-7,10,12-13,15-17H,3,5,8-9,11H2,1-2H3,(H,22,27)(H,23,24,25)/t15-,16+,17+,21+/m0/s1. The van der Waals surface area contributed by atoms with Crippen LogP contribution < -0.4 is 15.5 Å². The minimum absolute atomic E-state index is 0.0920. The van der Waals surface area contributed by atoms with E-state index in [1.54, 1.807) is 12.4 Å². The van der Waals surface area contributed by atoms with Crippen LogP contribution in [0, 0.1) is 11.8 Å². The first kappa shape index (κ1) is 18.4. The molecule has 4 atom stereocenters. The third kappa shape index (κ3) is 3.25. The summed E-state index contributed by atoms with van der Waals surface area (Å²) in [5, 5.41) is 6.41. The Morgan fingerprint density at radius 2 is 2.31 bits per heavy atom. The molecule has 2 bridgehead atoms. The lowest BCUT2D eigenvalue weighted by Gasteiger charge is -2.29. The van der Waals surface area contributed by atoms with Crippen LogP contribution in [0.2, 0.25) is 0 Å². The van der Waals surface area contributed by atoms with Gasteiger partial charge in [-0.3, -0.25) is 4.79 Å². The summed E-state index contributed by atoms with van der Waals surface area (Å²) in [6.45, 7) is 6.55. The Morgan fingerprint density at radius 3 is 3.10 bits per heavy atom. The molecule has 2 aromatic rings. The van der Waals surface area contributed by atoms with Crippen LogP contribution in [-0.2, 0) is 4.74 Å². The van der Waals surface area contributed by atoms with E-state index in [-0.39, 0.29) is 17.6 Å². The average molecular weight is 397 g/mol. The molecular weight excluding hydrogens is 370 g/mol. The van der Waals surface area contributed by atoms with Crippen LogP contribution in [0.25, 0.3) is 0 Å². The number of hydrogen-bond donors (Lipinski definition) is 2. The number of nitrogens with one attached hydrogen (secondary N) is 2. The SMILES string of the molecule is CC(C)Nc1cc(N2C[C@@H]3[C@H](CNC(=O)c4ccoc4)[C@H]4CC[C@]3(C2)O4)ncn1. The van der Waals surface area contributed by atoms with E-state index in [9.17, 15) is 4.79 Å². The molecule has 8 nitrogen and oxygen atoms in total. The second-order valence-electron chi connectivity index (χ2n) is 8.69. The van der Waals surface area contributed by atoms with Crippen LogP contribution in [0.5, 0.6) is 0 Å². The molecule has 0 radical (unpaired) electrons. The molecule has 2 aromatic heterocycles. The number of ether oxygens (including phenoxy) is 1. The second-order valence-corrected chi connectivity index (χ2v) is 8.69. The summed E-state index contributed by atoms with van der Waals surface area (Å²) in [6.07, 6.45) is 6.98. The fourth-order valence-corrected chi connectivity index (χ4v) is 5.24. The normalized spacial score (nSPS) is 30.0. The summed E-state index contributed by atoms with van der Waals surface area (Å²) in [7, 11) is 0. The molecule has 0 aliphatic carbocycles. The zero-order valence-corrected chi connectivity index (χ0v) is 16.8. The van der Waals surface area contributed by atoms with E-state index < -0.39 is 0 Å². The van der Waals surface area contributed by atoms with Gasteiger partial charge in [-0.1, -0.05) is 0 Å². The Balaban J connectivity index is 1.29. The Hall–Kier alpha value is -2.61. The van der Waals surface area contributed by atoms with Gasteiger partial charge in [0.25, 0.3) is 5.91 Å². The predicted molar refractivity (Wildman–Crippen MR) is 108 cm³/mol. The molecule has 29 heavy (non-hydrogen) atoms. The Bertz CT molecular complexity index is 886. The van der Waals surface area contributed by atoms with E-state index in [0.717, 1.165) is 37.6 Å². The molecule has 1 amide bonds. The third-order valence-electron chi connectivity index (χ3n) is 6.48. The quantitative estimate of drug-likeness (QED) is 0.773. The molecule has 3 saturated heterocycles. The van der Waals surface area contributed by atoms with E-state index in [1.807, 2.05) is 6.07 Å². The van der Waals surface area contributed by atoms with Crippen molar-refractivity contribution in [3.63, 3.8) is 0 Å². The van der Waals surface area contributed by atoms with Gasteiger partial charge >= 0.3 is 0 Å². The molecule has 1 spiro atoms. The molecule has 3 aliphatic heterocycles. The number of carbonyl (C=O) groups excluding carboxylic acids is 1. The Kier molecular flexibility index (Phi) is 4.46. The highest BCUT2D eigenvalue weighted by atomic mass is 16.5. The van der Waals surface area contributed by atoms with Crippen LogP contribution in [0.1, 0.15) is 37.0 Å². The fraction of sp³-hybridized carbons (Fsp3) is 0.571. The highest BCUT2D eigenvalue weighted by Crippen LogP contribution is 2.55. The molecule has 5 rings (SSSR count). The number of carbonyl (C=O) groups is 1. The van der Waals surface area contributed by atoms with Gasteiger partial charge in [0.1, 0.15) is 24.2 Å². The fourth-order valence-electron chi connectivity index (χ4n) is 5.24. The van der Waals surface area contributed by atoms with Crippen LogP contribution in [0.3, 0.4) is 0 Å². The summed E-state index contributed by atoms with van der Waals surface area (Å²) < 4.78 is 11.5. The van der Waals surface area contributed by atoms with Crippen LogP contribution >= 0.6 is 0 Å². The zero-order valence-electron chi connectivity index (χ0n) is 16.8. The van der Waals surface area contributed by atoms with Crippen molar-refractivity contribution in [2.75, 3.05) is 29.9 Å². The lowest BCUT2D eigenvalue weighted by Crippen LogP contribution is -2.41. The number of nitrogens with zero attached hydrogens (tertiary/aromatic N) is 3. The second kappa shape index (κ2) is 7.02. The maximum Gasteiger partial charge on any atom is 0.254 e. The van der Waals surface area contributed by atoms with Crippen molar-refractivity contribution in [1.82, 2.24) is 15.3 Å². The zero-order chi connectivity index (χ0) is 20.0. The third-order valence-corrected chi connectivity index (χ3v) is 6.48. The summed E-state index contributed by atoms with van der Waals surface area (Å²) in [5.41, 5.74) is 0.440. The molecular formula is C21H27N5O3. The van der Waals surface area contributed by atoms with Crippen molar-refractivity contribution in [1.29, 1.82) is 0 Å². The van der Waals surface area contributed by atoms with Gasteiger partial charge in [0.05, 0.1) is 23.5 Å². The summed E-state index contributed by atoms with van der Waals surface area (Å²) in [5.74, 6) is 2.39. The average Bonchev–Trinajstić information content (AvgIpc) is 3.46. The lowest BCUT2D eigenvalue weighted by atomic mass is 9.73. The largest absolute Gasteiger partial charge is 0.472 e. The van der Waals surface area contributed by atoms with Gasteiger partial charge in [-0.05, 0) is 32.8 Å². The van der Waals surface area contributed by atoms with E-state index >= 15 is 0 Å². The van der Waals surface area contributed by atoms with Crippen molar-refractivity contribution in [3.05, 3.63) is 36.5 Å². The van der Waals surface area contributed by atoms with Gasteiger partial charge in [-0.15, -0.1) is 0 Å². The van der Waals surface area contributed by atoms with Crippen LogP contribution in [0.15, 0.2) is 35.4 Å². The topological polar surface area (TPSA) is 92.5 Å². The van der Waals surface area contributed by atoms with Crippen LogP contribution in [0.4, 0.5) is 11.6 Å². The maximum atomic E-state index is 12.3. The molecule has 3 aliphatic rings. The minimum Gasteiger partial charge on any atom is -0.472 e. The van der Waals surface area contributed by atoms with Crippen LogP contribution in [-0.4, -0.2) is 53.3 Å². The number of furan rings is 1. The Labute approximate surface area is 170 Å². The number of anilines is 2. The van der Waals surface area contributed by atoms with E-state index in [0.29, 0.717) is 30.0 Å². The first-order valence-electron chi connectivity index (χ1n) is 10.4. The molecule has 8 heteroatoms. The van der Waals surface area contributed by atoms with Crippen molar-refractivity contribution in [2.45, 2.75) is 44.4 Å².